The molecule has 0 bridgehead atoms. The van der Waals surface area contributed by atoms with E-state index in [1.807, 2.05) is 0 Å². The average molecular weight is 215 g/mol. The van der Waals surface area contributed by atoms with E-state index in [9.17, 15) is 5.11 Å². The molecule has 0 amide bonds. The molecule has 0 aromatic carbocycles. The van der Waals surface area contributed by atoms with E-state index in [0.717, 1.165) is 39.1 Å². The summed E-state index contributed by atoms with van der Waals surface area (Å²) in [5.41, 5.74) is -0.432. The highest BCUT2D eigenvalue weighted by Gasteiger charge is 2.30. The van der Waals surface area contributed by atoms with Crippen LogP contribution in [0, 0.1) is 5.92 Å². The second-order valence-corrected chi connectivity index (χ2v) is 5.08. The minimum atomic E-state index is -0.432. The monoisotopic (exact) mass is 215 g/mol. The van der Waals surface area contributed by atoms with Crippen LogP contribution in [0.15, 0.2) is 0 Å². The van der Waals surface area contributed by atoms with E-state index in [0.29, 0.717) is 5.92 Å². The van der Waals surface area contributed by atoms with Crippen LogP contribution in [0.2, 0.25) is 0 Å². The maximum atomic E-state index is 10.0. The maximum Gasteiger partial charge on any atom is 0.0771 e. The van der Waals surface area contributed by atoms with E-state index in [2.05, 4.69) is 19.2 Å². The molecule has 1 aliphatic rings. The molecule has 1 saturated carbocycles. The Morgan fingerprint density at radius 2 is 2.00 bits per heavy atom. The number of hydrogen-bond acceptors (Lipinski definition) is 3. The van der Waals surface area contributed by atoms with Crippen LogP contribution in [0.1, 0.15) is 39.5 Å². The Labute approximate surface area is 93.2 Å². The molecule has 3 heteroatoms. The Hall–Kier alpha value is -0.120. The first kappa shape index (κ1) is 12.9. The van der Waals surface area contributed by atoms with Crippen molar-refractivity contribution in [2.75, 3.05) is 26.3 Å². The minimum absolute atomic E-state index is 0.432. The Morgan fingerprint density at radius 1 is 1.33 bits per heavy atom. The molecule has 0 aromatic rings. The zero-order valence-corrected chi connectivity index (χ0v) is 10.1. The summed E-state index contributed by atoms with van der Waals surface area (Å²) < 4.78 is 5.45. The molecule has 0 aromatic heterocycles. The molecule has 0 saturated heterocycles. The van der Waals surface area contributed by atoms with E-state index in [4.69, 9.17) is 4.74 Å². The van der Waals surface area contributed by atoms with E-state index >= 15 is 0 Å². The van der Waals surface area contributed by atoms with Crippen LogP contribution in [0.25, 0.3) is 0 Å². The lowest BCUT2D eigenvalue weighted by Crippen LogP contribution is -2.39. The van der Waals surface area contributed by atoms with Gasteiger partial charge in [0.1, 0.15) is 0 Å². The van der Waals surface area contributed by atoms with Crippen LogP contribution in [0.5, 0.6) is 0 Å². The third kappa shape index (κ3) is 5.50. The fraction of sp³-hybridized carbons (Fsp3) is 1.00. The Balaban J connectivity index is 1.92. The van der Waals surface area contributed by atoms with Crippen molar-refractivity contribution in [1.29, 1.82) is 0 Å². The van der Waals surface area contributed by atoms with Crippen LogP contribution < -0.4 is 5.32 Å². The summed E-state index contributed by atoms with van der Waals surface area (Å²) in [6.45, 7) is 7.43. The lowest BCUT2D eigenvalue weighted by atomic mass is 10.0. The first-order valence-electron chi connectivity index (χ1n) is 6.13. The Bertz CT molecular complexity index is 165. The van der Waals surface area contributed by atoms with Gasteiger partial charge in [0.25, 0.3) is 0 Å². The van der Waals surface area contributed by atoms with Crippen molar-refractivity contribution in [3.63, 3.8) is 0 Å². The van der Waals surface area contributed by atoms with Crippen LogP contribution >= 0.6 is 0 Å². The van der Waals surface area contributed by atoms with Gasteiger partial charge in [-0.2, -0.15) is 0 Å². The Kier molecular flexibility index (Phi) is 5.58. The van der Waals surface area contributed by atoms with E-state index in [1.165, 1.54) is 12.8 Å². The highest BCUT2D eigenvalue weighted by atomic mass is 16.5. The Morgan fingerprint density at radius 3 is 2.60 bits per heavy atom. The first-order valence-corrected chi connectivity index (χ1v) is 6.13. The van der Waals surface area contributed by atoms with Gasteiger partial charge in [0, 0.05) is 19.7 Å². The summed E-state index contributed by atoms with van der Waals surface area (Å²) in [7, 11) is 0. The molecule has 15 heavy (non-hydrogen) atoms. The fourth-order valence-electron chi connectivity index (χ4n) is 1.99. The molecule has 0 heterocycles. The van der Waals surface area contributed by atoms with Crippen LogP contribution in [0.3, 0.4) is 0 Å². The van der Waals surface area contributed by atoms with Gasteiger partial charge in [0.2, 0.25) is 0 Å². The van der Waals surface area contributed by atoms with Gasteiger partial charge < -0.3 is 15.2 Å². The number of ether oxygens (including phenoxy) is 1. The molecule has 3 nitrogen and oxygen atoms in total. The number of rotatable bonds is 7. The van der Waals surface area contributed by atoms with Crippen molar-refractivity contribution in [2.24, 2.45) is 5.92 Å². The molecule has 90 valence electrons. The van der Waals surface area contributed by atoms with Crippen molar-refractivity contribution in [3.8, 4) is 0 Å². The molecule has 0 aliphatic heterocycles. The van der Waals surface area contributed by atoms with Crippen LogP contribution in [-0.2, 0) is 4.74 Å². The predicted molar refractivity (Wildman–Crippen MR) is 61.9 cm³/mol. The number of nitrogens with one attached hydrogen (secondary N) is 1. The summed E-state index contributed by atoms with van der Waals surface area (Å²) in [5.74, 6) is 0.601. The predicted octanol–water partition coefficient (Wildman–Crippen LogP) is 1.55. The molecule has 1 fully saturated rings. The molecular weight excluding hydrogens is 190 g/mol. The van der Waals surface area contributed by atoms with E-state index < -0.39 is 5.60 Å². The summed E-state index contributed by atoms with van der Waals surface area (Å²) in [5, 5.41) is 13.3. The highest BCUT2D eigenvalue weighted by Crippen LogP contribution is 2.28. The molecule has 0 atom stereocenters. The summed E-state index contributed by atoms with van der Waals surface area (Å²) >= 11 is 0. The summed E-state index contributed by atoms with van der Waals surface area (Å²) in [6.07, 6.45) is 4.24. The van der Waals surface area contributed by atoms with Gasteiger partial charge >= 0.3 is 0 Å². The fourth-order valence-corrected chi connectivity index (χ4v) is 1.99. The largest absolute Gasteiger partial charge is 0.389 e. The molecular formula is C12H25NO2. The third-order valence-electron chi connectivity index (χ3n) is 2.86. The van der Waals surface area contributed by atoms with Crippen LogP contribution in [0.4, 0.5) is 0 Å². The minimum Gasteiger partial charge on any atom is -0.389 e. The van der Waals surface area contributed by atoms with Crippen molar-refractivity contribution < 1.29 is 9.84 Å². The molecule has 0 radical (unpaired) electrons. The van der Waals surface area contributed by atoms with Crippen molar-refractivity contribution >= 4 is 0 Å². The SMILES string of the molecule is CC(C)COCCNCC1(O)CCCC1. The van der Waals surface area contributed by atoms with E-state index in [1.54, 1.807) is 0 Å². The normalized spacial score (nSPS) is 20.0. The topological polar surface area (TPSA) is 41.5 Å². The molecule has 2 N–H and O–H groups in total. The standard InChI is InChI=1S/C12H25NO2/c1-11(2)9-15-8-7-13-10-12(14)5-3-4-6-12/h11,13-14H,3-10H2,1-2H3. The van der Waals surface area contributed by atoms with E-state index in [-0.39, 0.29) is 0 Å². The zero-order valence-electron chi connectivity index (χ0n) is 10.1. The lowest BCUT2D eigenvalue weighted by molar-refractivity contribution is 0.0437. The van der Waals surface area contributed by atoms with Gasteiger partial charge in [-0.1, -0.05) is 26.7 Å². The highest BCUT2D eigenvalue weighted by molar-refractivity contribution is 4.85. The average Bonchev–Trinajstić information content (AvgIpc) is 2.58. The smallest absolute Gasteiger partial charge is 0.0771 e. The van der Waals surface area contributed by atoms with Gasteiger partial charge in [-0.05, 0) is 18.8 Å². The van der Waals surface area contributed by atoms with Gasteiger partial charge in [-0.3, -0.25) is 0 Å². The molecule has 1 aliphatic carbocycles. The van der Waals surface area contributed by atoms with Crippen molar-refractivity contribution in [3.05, 3.63) is 0 Å². The number of aliphatic hydroxyl groups is 1. The van der Waals surface area contributed by atoms with Gasteiger partial charge in [0.05, 0.1) is 12.2 Å². The quantitative estimate of drug-likeness (QED) is 0.633. The van der Waals surface area contributed by atoms with Crippen molar-refractivity contribution in [2.45, 2.75) is 45.1 Å². The van der Waals surface area contributed by atoms with Gasteiger partial charge in [-0.25, -0.2) is 0 Å². The van der Waals surface area contributed by atoms with Gasteiger partial charge in [-0.15, -0.1) is 0 Å². The van der Waals surface area contributed by atoms with Crippen LogP contribution in [-0.4, -0.2) is 37.0 Å². The second kappa shape index (κ2) is 6.46. The molecule has 0 unspecified atom stereocenters. The summed E-state index contributed by atoms with van der Waals surface area (Å²) in [4.78, 5) is 0. The summed E-state index contributed by atoms with van der Waals surface area (Å²) in [6, 6.07) is 0. The number of hydrogen-bond donors (Lipinski definition) is 2. The first-order chi connectivity index (χ1) is 7.12. The zero-order chi connectivity index (χ0) is 11.1. The molecule has 1 rings (SSSR count). The second-order valence-electron chi connectivity index (χ2n) is 5.08. The maximum absolute atomic E-state index is 10.0. The lowest BCUT2D eigenvalue weighted by Gasteiger charge is -2.22. The van der Waals surface area contributed by atoms with Gasteiger partial charge in [0.15, 0.2) is 0 Å². The van der Waals surface area contributed by atoms with Crippen molar-refractivity contribution in [1.82, 2.24) is 5.32 Å². The third-order valence-corrected chi connectivity index (χ3v) is 2.86. The molecule has 0 spiro atoms.